The van der Waals surface area contributed by atoms with Crippen molar-refractivity contribution in [2.75, 3.05) is 26.3 Å². The third kappa shape index (κ3) is 6.02. The lowest BCUT2D eigenvalue weighted by Crippen LogP contribution is -2.41. The van der Waals surface area contributed by atoms with Crippen molar-refractivity contribution in [2.45, 2.75) is 19.2 Å². The van der Waals surface area contributed by atoms with E-state index in [-0.39, 0.29) is 50.6 Å². The molecule has 0 aliphatic carbocycles. The number of halogens is 3. The maximum atomic E-state index is 14.1. The van der Waals surface area contributed by atoms with Crippen LogP contribution in [-0.4, -0.2) is 53.1 Å². The van der Waals surface area contributed by atoms with Crippen molar-refractivity contribution >= 4 is 11.7 Å². The molecule has 35 heavy (non-hydrogen) atoms. The predicted molar refractivity (Wildman–Crippen MR) is 119 cm³/mol. The topological polar surface area (TPSA) is 81.6 Å². The van der Waals surface area contributed by atoms with Crippen LogP contribution in [0.25, 0.3) is 0 Å². The van der Waals surface area contributed by atoms with Crippen LogP contribution in [-0.2, 0) is 23.9 Å². The monoisotopic (exact) mass is 485 g/mol. The number of aromatic nitrogens is 2. The van der Waals surface area contributed by atoms with Gasteiger partial charge in [0.1, 0.15) is 12.4 Å². The minimum Gasteiger partial charge on any atom is -0.488 e. The molecule has 0 bridgehead atoms. The highest BCUT2D eigenvalue weighted by atomic mass is 19.4. The largest absolute Gasteiger partial charge is 0.488 e. The predicted octanol–water partition coefficient (Wildman–Crippen LogP) is 3.97. The lowest BCUT2D eigenvalue weighted by atomic mass is 9.96. The molecule has 4 rings (SSSR count). The Morgan fingerprint density at radius 1 is 0.971 bits per heavy atom. The first-order valence-electron chi connectivity index (χ1n) is 10.9. The Morgan fingerprint density at radius 3 is 2.37 bits per heavy atom. The molecule has 1 fully saturated rings. The van der Waals surface area contributed by atoms with E-state index in [1.165, 1.54) is 17.3 Å². The zero-order valence-electron chi connectivity index (χ0n) is 18.6. The Labute approximate surface area is 199 Å². The number of alkyl halides is 3. The van der Waals surface area contributed by atoms with Gasteiger partial charge in [-0.3, -0.25) is 9.59 Å². The van der Waals surface area contributed by atoms with Crippen LogP contribution in [0.15, 0.2) is 60.9 Å². The summed E-state index contributed by atoms with van der Waals surface area (Å²) in [7, 11) is 0. The molecule has 182 valence electrons. The highest BCUT2D eigenvalue weighted by Gasteiger charge is 2.38. The second kappa shape index (κ2) is 10.6. The number of rotatable bonds is 7. The van der Waals surface area contributed by atoms with Crippen LogP contribution in [0.5, 0.6) is 5.75 Å². The van der Waals surface area contributed by atoms with Crippen LogP contribution in [0.2, 0.25) is 0 Å². The fraction of sp³-hybridized carbons (Fsp3) is 0.280. The summed E-state index contributed by atoms with van der Waals surface area (Å²) in [4.78, 5) is 27.5. The maximum Gasteiger partial charge on any atom is 0.417 e. The number of ether oxygens (including phenoxy) is 2. The summed E-state index contributed by atoms with van der Waals surface area (Å²) in [6, 6.07) is 12.3. The standard InChI is InChI=1S/C25H22F3N3O4/c26-25(27,28)21-13-20(22(32)12-18-6-7-29-30-15-18)23(35-16-17-4-2-1-3-5-17)14-19(21)24(33)31-8-10-34-11-9-31/h1-7,13-15H,8-12,16H2. The van der Waals surface area contributed by atoms with E-state index in [2.05, 4.69) is 10.2 Å². The van der Waals surface area contributed by atoms with Crippen LogP contribution in [0, 0.1) is 0 Å². The van der Waals surface area contributed by atoms with Gasteiger partial charge in [0.05, 0.1) is 36.1 Å². The number of carbonyl (C=O) groups excluding carboxylic acids is 2. The number of nitrogens with zero attached hydrogens (tertiary/aromatic N) is 3. The van der Waals surface area contributed by atoms with Crippen molar-refractivity contribution in [1.29, 1.82) is 0 Å². The average Bonchev–Trinajstić information content (AvgIpc) is 2.87. The van der Waals surface area contributed by atoms with Gasteiger partial charge in [0, 0.05) is 25.7 Å². The Hall–Kier alpha value is -3.79. The van der Waals surface area contributed by atoms with Crippen molar-refractivity contribution in [3.05, 3.63) is 88.7 Å². The number of morpholine rings is 1. The molecule has 1 aliphatic heterocycles. The van der Waals surface area contributed by atoms with E-state index in [0.717, 1.165) is 11.6 Å². The minimum absolute atomic E-state index is 0.00841. The van der Waals surface area contributed by atoms with Gasteiger partial charge in [0.25, 0.3) is 5.91 Å². The molecule has 0 unspecified atom stereocenters. The highest BCUT2D eigenvalue weighted by molar-refractivity contribution is 6.03. The summed E-state index contributed by atoms with van der Waals surface area (Å²) in [5, 5.41) is 7.34. The molecule has 1 amide bonds. The van der Waals surface area contributed by atoms with E-state index in [4.69, 9.17) is 9.47 Å². The molecule has 2 aromatic carbocycles. The van der Waals surface area contributed by atoms with Crippen molar-refractivity contribution in [1.82, 2.24) is 15.1 Å². The van der Waals surface area contributed by atoms with Crippen LogP contribution in [0.3, 0.4) is 0 Å². The molecule has 0 spiro atoms. The molecule has 0 saturated carbocycles. The first-order valence-corrected chi connectivity index (χ1v) is 10.9. The van der Waals surface area contributed by atoms with Crippen molar-refractivity contribution in [2.24, 2.45) is 0 Å². The number of ketones is 1. The number of carbonyl (C=O) groups is 2. The second-order valence-corrected chi connectivity index (χ2v) is 7.92. The molecular formula is C25H22F3N3O4. The summed E-state index contributed by atoms with van der Waals surface area (Å²) in [5.41, 5.74) is -0.767. The van der Waals surface area contributed by atoms with Gasteiger partial charge in [-0.05, 0) is 29.3 Å². The average molecular weight is 485 g/mol. The SMILES string of the molecule is O=C(Cc1ccnnc1)c1cc(C(F)(F)F)c(C(=O)N2CCOCC2)cc1OCc1ccccc1. The third-order valence-electron chi connectivity index (χ3n) is 5.50. The molecule has 0 radical (unpaired) electrons. The summed E-state index contributed by atoms with van der Waals surface area (Å²) in [6.07, 6.45) is -2.31. The molecule has 0 N–H and O–H groups in total. The van der Waals surface area contributed by atoms with Crippen molar-refractivity contribution in [3.63, 3.8) is 0 Å². The Bertz CT molecular complexity index is 1180. The van der Waals surface area contributed by atoms with Gasteiger partial charge in [-0.25, -0.2) is 0 Å². The molecule has 1 saturated heterocycles. The summed E-state index contributed by atoms with van der Waals surface area (Å²) < 4.78 is 53.2. The van der Waals surface area contributed by atoms with Gasteiger partial charge in [0.15, 0.2) is 5.78 Å². The van der Waals surface area contributed by atoms with Crippen molar-refractivity contribution in [3.8, 4) is 5.75 Å². The van der Waals surface area contributed by atoms with Crippen molar-refractivity contribution < 1.29 is 32.2 Å². The Balaban J connectivity index is 1.76. The van der Waals surface area contributed by atoms with E-state index in [0.29, 0.717) is 11.6 Å². The highest BCUT2D eigenvalue weighted by Crippen LogP contribution is 2.37. The van der Waals surface area contributed by atoms with Crippen LogP contribution < -0.4 is 4.74 Å². The Kier molecular flexibility index (Phi) is 7.40. The van der Waals surface area contributed by atoms with E-state index >= 15 is 0 Å². The zero-order chi connectivity index (χ0) is 24.8. The molecular weight excluding hydrogens is 463 g/mol. The summed E-state index contributed by atoms with van der Waals surface area (Å²) >= 11 is 0. The van der Waals surface area contributed by atoms with Gasteiger partial charge in [-0.2, -0.15) is 23.4 Å². The number of hydrogen-bond donors (Lipinski definition) is 0. The van der Waals surface area contributed by atoms with Crippen LogP contribution in [0.1, 0.15) is 37.4 Å². The second-order valence-electron chi connectivity index (χ2n) is 7.92. The summed E-state index contributed by atoms with van der Waals surface area (Å²) in [5.74, 6) is -1.48. The first kappa shape index (κ1) is 24.3. The minimum atomic E-state index is -4.86. The van der Waals surface area contributed by atoms with Gasteiger partial charge in [0.2, 0.25) is 0 Å². The maximum absolute atomic E-state index is 14.1. The quantitative estimate of drug-likeness (QED) is 0.471. The lowest BCUT2D eigenvalue weighted by Gasteiger charge is -2.28. The summed E-state index contributed by atoms with van der Waals surface area (Å²) in [6.45, 7) is 0.828. The molecule has 0 atom stereocenters. The van der Waals surface area contributed by atoms with Crippen LogP contribution >= 0.6 is 0 Å². The first-order chi connectivity index (χ1) is 16.8. The lowest BCUT2D eigenvalue weighted by molar-refractivity contribution is -0.138. The zero-order valence-corrected chi connectivity index (χ0v) is 18.6. The van der Waals surface area contributed by atoms with E-state index < -0.39 is 29.0 Å². The fourth-order valence-electron chi connectivity index (χ4n) is 3.70. The molecule has 7 nitrogen and oxygen atoms in total. The smallest absolute Gasteiger partial charge is 0.417 e. The third-order valence-corrected chi connectivity index (χ3v) is 5.50. The molecule has 1 aromatic heterocycles. The molecule has 1 aliphatic rings. The Morgan fingerprint density at radius 2 is 1.71 bits per heavy atom. The fourth-order valence-corrected chi connectivity index (χ4v) is 3.70. The number of Topliss-reactive ketones (excluding diaryl/α,β-unsaturated/α-hetero) is 1. The number of hydrogen-bond acceptors (Lipinski definition) is 6. The van der Waals surface area contributed by atoms with Crippen LogP contribution in [0.4, 0.5) is 13.2 Å². The molecule has 10 heteroatoms. The normalized spacial score (nSPS) is 14.0. The van der Waals surface area contributed by atoms with Gasteiger partial charge in [-0.15, -0.1) is 0 Å². The molecule has 2 heterocycles. The molecule has 3 aromatic rings. The van der Waals surface area contributed by atoms with Gasteiger partial charge < -0.3 is 14.4 Å². The van der Waals surface area contributed by atoms with E-state index in [1.54, 1.807) is 30.3 Å². The van der Waals surface area contributed by atoms with Gasteiger partial charge in [-0.1, -0.05) is 30.3 Å². The van der Waals surface area contributed by atoms with E-state index in [1.807, 2.05) is 6.07 Å². The van der Waals surface area contributed by atoms with Gasteiger partial charge >= 0.3 is 6.18 Å². The number of amides is 1. The number of benzene rings is 2. The van der Waals surface area contributed by atoms with E-state index in [9.17, 15) is 22.8 Å².